The minimum absolute atomic E-state index is 0. The molecule has 1 aromatic carbocycles. The van der Waals surface area contributed by atoms with Crippen LogP contribution in [-0.4, -0.2) is 60.7 Å². The second-order valence-electron chi connectivity index (χ2n) is 5.70. The maximum Gasteiger partial charge on any atom is 0.186 e. The van der Waals surface area contributed by atoms with Crippen molar-refractivity contribution >= 4 is 0 Å². The number of ether oxygens (including phenoxy) is 3. The average Bonchev–Trinajstić information content (AvgIpc) is 2.68. The van der Waals surface area contributed by atoms with E-state index in [1.807, 2.05) is 30.3 Å². The summed E-state index contributed by atoms with van der Waals surface area (Å²) in [5, 5.41) is 23.5. The Kier molecular flexibility index (Phi) is 6.95. The van der Waals surface area contributed by atoms with Gasteiger partial charge in [0.1, 0.15) is 24.4 Å². The van der Waals surface area contributed by atoms with Crippen LogP contribution >= 0.6 is 0 Å². The summed E-state index contributed by atoms with van der Waals surface area (Å²) in [6.45, 7) is 2.16. The van der Waals surface area contributed by atoms with Crippen molar-refractivity contribution in [3.8, 4) is 0 Å². The molecule has 6 nitrogen and oxygen atoms in total. The number of hydrogen-bond donors (Lipinski definition) is 3. The highest BCUT2D eigenvalue weighted by atomic mass is 16.7. The van der Waals surface area contributed by atoms with Crippen LogP contribution in [0.1, 0.15) is 19.4 Å². The standard InChI is InChI=1S/C16H23NO5.CH4/c18-13-14(19)16-21-8-4-7-20-15(13)12(22-16)10-17-9-11-5-2-1-3-6-11;/h1-3,5-6,12-19H,4,7-10H2;1H4. The highest BCUT2D eigenvalue weighted by Crippen LogP contribution is 2.25. The molecule has 3 saturated heterocycles. The van der Waals surface area contributed by atoms with Gasteiger partial charge in [-0.2, -0.15) is 0 Å². The molecule has 130 valence electrons. The lowest BCUT2D eigenvalue weighted by Crippen LogP contribution is -2.60. The van der Waals surface area contributed by atoms with Crippen molar-refractivity contribution < 1.29 is 24.4 Å². The second-order valence-corrected chi connectivity index (χ2v) is 5.70. The maximum atomic E-state index is 10.2. The van der Waals surface area contributed by atoms with Gasteiger partial charge in [0.05, 0.1) is 6.61 Å². The first-order valence-corrected chi connectivity index (χ1v) is 7.75. The van der Waals surface area contributed by atoms with Crippen LogP contribution in [-0.2, 0) is 20.8 Å². The van der Waals surface area contributed by atoms with Gasteiger partial charge in [0.2, 0.25) is 0 Å². The highest BCUT2D eigenvalue weighted by Gasteiger charge is 2.46. The third-order valence-corrected chi connectivity index (χ3v) is 4.04. The summed E-state index contributed by atoms with van der Waals surface area (Å²) in [5.74, 6) is 0. The van der Waals surface area contributed by atoms with Gasteiger partial charge in [-0.1, -0.05) is 37.8 Å². The van der Waals surface area contributed by atoms with Gasteiger partial charge in [-0.15, -0.1) is 0 Å². The summed E-state index contributed by atoms with van der Waals surface area (Å²) in [7, 11) is 0. The molecule has 3 heterocycles. The molecule has 5 atom stereocenters. The van der Waals surface area contributed by atoms with E-state index in [0.717, 1.165) is 6.42 Å². The first-order valence-electron chi connectivity index (χ1n) is 7.75. The Labute approximate surface area is 137 Å². The highest BCUT2D eigenvalue weighted by molar-refractivity contribution is 5.14. The molecule has 0 radical (unpaired) electrons. The van der Waals surface area contributed by atoms with Crippen molar-refractivity contribution in [2.24, 2.45) is 0 Å². The number of hydrogen-bond acceptors (Lipinski definition) is 6. The molecule has 2 bridgehead atoms. The summed E-state index contributed by atoms with van der Waals surface area (Å²) in [6.07, 6.45) is -3.05. The molecule has 3 N–H and O–H groups in total. The predicted octanol–water partition coefficient (Wildman–Crippen LogP) is 0.664. The van der Waals surface area contributed by atoms with E-state index in [0.29, 0.717) is 26.3 Å². The fourth-order valence-electron chi connectivity index (χ4n) is 2.85. The Morgan fingerprint density at radius 3 is 2.57 bits per heavy atom. The molecule has 1 aromatic rings. The SMILES string of the molecule is C.OC1C2OCCCOC(C(CNCc3ccccc3)O2)C1O. The average molecular weight is 325 g/mol. The van der Waals surface area contributed by atoms with E-state index >= 15 is 0 Å². The molecule has 0 saturated carbocycles. The third kappa shape index (κ3) is 4.50. The Morgan fingerprint density at radius 1 is 1.04 bits per heavy atom. The van der Waals surface area contributed by atoms with Crippen LogP contribution in [0.2, 0.25) is 0 Å². The maximum absolute atomic E-state index is 10.2. The number of fused-ring (bicyclic) bond motifs is 6. The molecular formula is C17H27NO5. The van der Waals surface area contributed by atoms with E-state index in [9.17, 15) is 10.2 Å². The molecule has 0 spiro atoms. The van der Waals surface area contributed by atoms with Gasteiger partial charge in [-0.25, -0.2) is 0 Å². The van der Waals surface area contributed by atoms with Gasteiger partial charge >= 0.3 is 0 Å². The molecule has 3 aliphatic heterocycles. The lowest BCUT2D eigenvalue weighted by molar-refractivity contribution is -0.292. The van der Waals surface area contributed by atoms with Crippen molar-refractivity contribution in [3.05, 3.63) is 35.9 Å². The molecule has 3 aliphatic rings. The van der Waals surface area contributed by atoms with Crippen LogP contribution in [0.3, 0.4) is 0 Å². The molecule has 0 aliphatic carbocycles. The molecule has 23 heavy (non-hydrogen) atoms. The van der Waals surface area contributed by atoms with E-state index in [-0.39, 0.29) is 13.5 Å². The Bertz CT molecular complexity index is 456. The number of aliphatic hydroxyl groups is 2. The van der Waals surface area contributed by atoms with Crippen molar-refractivity contribution in [1.29, 1.82) is 0 Å². The van der Waals surface area contributed by atoms with E-state index in [1.165, 1.54) is 5.56 Å². The van der Waals surface area contributed by atoms with E-state index in [2.05, 4.69) is 5.32 Å². The molecule has 0 amide bonds. The van der Waals surface area contributed by atoms with Crippen LogP contribution in [0.5, 0.6) is 0 Å². The van der Waals surface area contributed by atoms with E-state index in [4.69, 9.17) is 14.2 Å². The molecular weight excluding hydrogens is 298 g/mol. The fraction of sp³-hybridized carbons (Fsp3) is 0.647. The minimum atomic E-state index is -1.08. The molecule has 0 aromatic heterocycles. The van der Waals surface area contributed by atoms with Gasteiger partial charge in [-0.3, -0.25) is 0 Å². The van der Waals surface area contributed by atoms with Crippen molar-refractivity contribution in [2.75, 3.05) is 19.8 Å². The Morgan fingerprint density at radius 2 is 1.78 bits per heavy atom. The zero-order chi connectivity index (χ0) is 15.4. The Balaban J connectivity index is 0.00000192. The minimum Gasteiger partial charge on any atom is -0.387 e. The number of aliphatic hydroxyl groups excluding tert-OH is 2. The van der Waals surface area contributed by atoms with Crippen molar-refractivity contribution in [1.82, 2.24) is 5.32 Å². The first kappa shape index (κ1) is 18.3. The van der Waals surface area contributed by atoms with Crippen molar-refractivity contribution in [3.63, 3.8) is 0 Å². The second kappa shape index (κ2) is 8.73. The number of rotatable bonds is 4. The lowest BCUT2D eigenvalue weighted by atomic mass is 9.98. The summed E-state index contributed by atoms with van der Waals surface area (Å²) in [5.41, 5.74) is 1.17. The topological polar surface area (TPSA) is 80.2 Å². The molecule has 5 unspecified atom stereocenters. The zero-order valence-electron chi connectivity index (χ0n) is 12.4. The van der Waals surface area contributed by atoms with Gasteiger partial charge in [-0.05, 0) is 12.0 Å². The van der Waals surface area contributed by atoms with Gasteiger partial charge in [0.25, 0.3) is 0 Å². The summed E-state index contributed by atoms with van der Waals surface area (Å²) in [6, 6.07) is 10.1. The quantitative estimate of drug-likeness (QED) is 0.755. The molecule has 4 rings (SSSR count). The summed E-state index contributed by atoms with van der Waals surface area (Å²) in [4.78, 5) is 0. The summed E-state index contributed by atoms with van der Waals surface area (Å²) >= 11 is 0. The van der Waals surface area contributed by atoms with Crippen LogP contribution < -0.4 is 5.32 Å². The van der Waals surface area contributed by atoms with Gasteiger partial charge < -0.3 is 29.7 Å². The van der Waals surface area contributed by atoms with E-state index in [1.54, 1.807) is 0 Å². The van der Waals surface area contributed by atoms with Crippen LogP contribution in [0, 0.1) is 0 Å². The van der Waals surface area contributed by atoms with Crippen molar-refractivity contribution in [2.45, 2.75) is 51.1 Å². The predicted molar refractivity (Wildman–Crippen MR) is 85.9 cm³/mol. The van der Waals surface area contributed by atoms with Crippen LogP contribution in [0.25, 0.3) is 0 Å². The third-order valence-electron chi connectivity index (χ3n) is 4.04. The Hall–Kier alpha value is -1.02. The number of benzene rings is 1. The summed E-state index contributed by atoms with van der Waals surface area (Å²) < 4.78 is 17.0. The van der Waals surface area contributed by atoms with Gasteiger partial charge in [0, 0.05) is 19.7 Å². The lowest BCUT2D eigenvalue weighted by Gasteiger charge is -2.41. The molecule has 3 fully saturated rings. The zero-order valence-corrected chi connectivity index (χ0v) is 12.4. The smallest absolute Gasteiger partial charge is 0.186 e. The number of nitrogens with one attached hydrogen (secondary N) is 1. The van der Waals surface area contributed by atoms with E-state index < -0.39 is 24.6 Å². The first-order chi connectivity index (χ1) is 10.8. The van der Waals surface area contributed by atoms with Crippen LogP contribution in [0.15, 0.2) is 30.3 Å². The largest absolute Gasteiger partial charge is 0.387 e. The molecule has 6 heteroatoms. The fourth-order valence-corrected chi connectivity index (χ4v) is 2.85. The van der Waals surface area contributed by atoms with Gasteiger partial charge in [0.15, 0.2) is 6.29 Å². The van der Waals surface area contributed by atoms with Crippen LogP contribution in [0.4, 0.5) is 0 Å². The normalized spacial score (nSPS) is 34.1. The monoisotopic (exact) mass is 325 g/mol.